The van der Waals surface area contributed by atoms with Crippen molar-refractivity contribution in [1.29, 1.82) is 0 Å². The molecule has 0 saturated carbocycles. The molecule has 0 bridgehead atoms. The zero-order chi connectivity index (χ0) is 18.1. The Bertz CT molecular complexity index is 736. The zero-order valence-corrected chi connectivity index (χ0v) is 15.2. The minimum Gasteiger partial charge on any atom is -0.339 e. The van der Waals surface area contributed by atoms with E-state index in [0.29, 0.717) is 6.07 Å². The largest absolute Gasteiger partial charge is 0.417 e. The first-order chi connectivity index (χ1) is 11.1. The van der Waals surface area contributed by atoms with Crippen molar-refractivity contribution in [3.05, 3.63) is 28.8 Å². The number of hydrogen-bond acceptors (Lipinski definition) is 4. The van der Waals surface area contributed by atoms with Crippen molar-refractivity contribution in [2.75, 3.05) is 32.7 Å². The normalized spacial score (nSPS) is 16.4. The molecule has 0 unspecified atom stereocenters. The Kier molecular flexibility index (Phi) is 7.11. The quantitative estimate of drug-likeness (QED) is 0.802. The molecule has 1 heterocycles. The molecule has 0 aromatic heterocycles. The smallest absolute Gasteiger partial charge is 0.339 e. The van der Waals surface area contributed by atoms with Crippen LogP contribution in [0.25, 0.3) is 0 Å². The molecule has 25 heavy (non-hydrogen) atoms. The molecule has 1 aromatic carbocycles. The fourth-order valence-corrected chi connectivity index (χ4v) is 4.01. The van der Waals surface area contributed by atoms with Gasteiger partial charge in [0.1, 0.15) is 0 Å². The van der Waals surface area contributed by atoms with Gasteiger partial charge in [0.2, 0.25) is 15.9 Å². The molecular formula is C13H16Cl2F3N3O3S. The lowest BCUT2D eigenvalue weighted by Gasteiger charge is -2.33. The van der Waals surface area contributed by atoms with E-state index in [9.17, 15) is 26.4 Å². The standard InChI is InChI=1S/C13H15ClF3N3O3S.ClH/c14-11-2-1-9(7-10(11)13(15,16)17)24(22,23)20-5-3-19(4-6-20)12(21)8-18;/h1-2,7H,3-6,8,18H2;1H. The summed E-state index contributed by atoms with van der Waals surface area (Å²) in [7, 11) is -4.11. The predicted octanol–water partition coefficient (Wildman–Crippen LogP) is 1.57. The number of nitrogens with zero attached hydrogens (tertiary/aromatic N) is 2. The third-order valence-corrected chi connectivity index (χ3v) is 5.87. The molecule has 1 aliphatic heterocycles. The van der Waals surface area contributed by atoms with Gasteiger partial charge in [0.15, 0.2) is 0 Å². The van der Waals surface area contributed by atoms with Crippen LogP contribution in [-0.2, 0) is 21.0 Å². The third-order valence-electron chi connectivity index (χ3n) is 3.65. The summed E-state index contributed by atoms with van der Waals surface area (Å²) in [5.41, 5.74) is 4.04. The molecule has 0 spiro atoms. The summed E-state index contributed by atoms with van der Waals surface area (Å²) < 4.78 is 64.7. The van der Waals surface area contributed by atoms with Crippen LogP contribution >= 0.6 is 24.0 Å². The van der Waals surface area contributed by atoms with Crippen molar-refractivity contribution in [2.24, 2.45) is 5.73 Å². The van der Waals surface area contributed by atoms with Crippen molar-refractivity contribution < 1.29 is 26.4 Å². The molecule has 0 radical (unpaired) electrons. The molecule has 2 rings (SSSR count). The van der Waals surface area contributed by atoms with Crippen LogP contribution in [0.5, 0.6) is 0 Å². The fraction of sp³-hybridized carbons (Fsp3) is 0.462. The molecule has 1 saturated heterocycles. The van der Waals surface area contributed by atoms with E-state index in [-0.39, 0.29) is 51.0 Å². The van der Waals surface area contributed by atoms with Gasteiger partial charge in [-0.3, -0.25) is 4.79 Å². The van der Waals surface area contributed by atoms with Crippen LogP contribution in [0.4, 0.5) is 13.2 Å². The van der Waals surface area contributed by atoms with E-state index in [4.69, 9.17) is 17.3 Å². The third kappa shape index (κ3) is 4.76. The number of sulfonamides is 1. The van der Waals surface area contributed by atoms with Gasteiger partial charge < -0.3 is 10.6 Å². The first-order valence-electron chi connectivity index (χ1n) is 6.92. The number of piperazine rings is 1. The van der Waals surface area contributed by atoms with Crippen LogP contribution < -0.4 is 5.73 Å². The Morgan fingerprint density at radius 3 is 2.24 bits per heavy atom. The topological polar surface area (TPSA) is 83.7 Å². The molecule has 2 N–H and O–H groups in total. The van der Waals surface area contributed by atoms with E-state index < -0.39 is 31.7 Å². The summed E-state index contributed by atoms with van der Waals surface area (Å²) in [4.78, 5) is 12.4. The van der Waals surface area contributed by atoms with Gasteiger partial charge in [-0.05, 0) is 18.2 Å². The Hall–Kier alpha value is -1.07. The maximum atomic E-state index is 12.9. The Morgan fingerprint density at radius 2 is 1.76 bits per heavy atom. The van der Waals surface area contributed by atoms with E-state index in [1.807, 2.05) is 0 Å². The van der Waals surface area contributed by atoms with Crippen LogP contribution in [-0.4, -0.2) is 56.3 Å². The monoisotopic (exact) mass is 421 g/mol. The van der Waals surface area contributed by atoms with Gasteiger partial charge in [0.05, 0.1) is 22.0 Å². The number of benzene rings is 1. The fourth-order valence-electron chi connectivity index (χ4n) is 2.34. The van der Waals surface area contributed by atoms with Gasteiger partial charge in [0.25, 0.3) is 0 Å². The van der Waals surface area contributed by atoms with Gasteiger partial charge in [-0.2, -0.15) is 17.5 Å². The molecule has 12 heteroatoms. The van der Waals surface area contributed by atoms with Gasteiger partial charge in [-0.15, -0.1) is 12.4 Å². The lowest BCUT2D eigenvalue weighted by molar-refractivity contribution is -0.137. The Morgan fingerprint density at radius 1 is 1.20 bits per heavy atom. The number of halogens is 5. The van der Waals surface area contributed by atoms with Gasteiger partial charge in [-0.1, -0.05) is 11.6 Å². The second-order valence-electron chi connectivity index (χ2n) is 5.13. The number of alkyl halides is 3. The number of rotatable bonds is 3. The number of carbonyl (C=O) groups excluding carboxylic acids is 1. The Balaban J connectivity index is 0.00000312. The van der Waals surface area contributed by atoms with E-state index in [2.05, 4.69) is 0 Å². The van der Waals surface area contributed by atoms with Gasteiger partial charge in [-0.25, -0.2) is 8.42 Å². The second-order valence-corrected chi connectivity index (χ2v) is 7.47. The van der Waals surface area contributed by atoms with Gasteiger partial charge >= 0.3 is 6.18 Å². The molecule has 1 fully saturated rings. The minimum atomic E-state index is -4.76. The maximum absolute atomic E-state index is 12.9. The van der Waals surface area contributed by atoms with Crippen LogP contribution in [0.15, 0.2) is 23.1 Å². The van der Waals surface area contributed by atoms with E-state index in [1.165, 1.54) is 4.90 Å². The first kappa shape index (κ1) is 22.0. The predicted molar refractivity (Wildman–Crippen MR) is 88.1 cm³/mol. The number of hydrogen-bond donors (Lipinski definition) is 1. The summed E-state index contributed by atoms with van der Waals surface area (Å²) in [5.74, 6) is -0.308. The molecule has 1 aromatic rings. The van der Waals surface area contributed by atoms with Crippen LogP contribution in [0.2, 0.25) is 5.02 Å². The average Bonchev–Trinajstić information content (AvgIpc) is 2.53. The molecule has 0 aliphatic carbocycles. The average molecular weight is 422 g/mol. The highest BCUT2D eigenvalue weighted by molar-refractivity contribution is 7.89. The Labute approximate surface area is 154 Å². The molecule has 142 valence electrons. The van der Waals surface area contributed by atoms with Gasteiger partial charge in [0, 0.05) is 26.2 Å². The summed E-state index contributed by atoms with van der Waals surface area (Å²) in [6.45, 7) is 0.0545. The van der Waals surface area contributed by atoms with Crippen molar-refractivity contribution in [3.63, 3.8) is 0 Å². The van der Waals surface area contributed by atoms with E-state index in [1.54, 1.807) is 0 Å². The molecule has 1 aliphatic rings. The highest BCUT2D eigenvalue weighted by Gasteiger charge is 2.36. The van der Waals surface area contributed by atoms with Crippen LogP contribution in [0.1, 0.15) is 5.56 Å². The summed E-state index contributed by atoms with van der Waals surface area (Å²) >= 11 is 5.50. The number of carbonyl (C=O) groups is 1. The van der Waals surface area contributed by atoms with Crippen molar-refractivity contribution >= 4 is 39.9 Å². The summed E-state index contributed by atoms with van der Waals surface area (Å²) in [5, 5.41) is -0.570. The van der Waals surface area contributed by atoms with Crippen LogP contribution in [0, 0.1) is 0 Å². The molecule has 6 nitrogen and oxygen atoms in total. The maximum Gasteiger partial charge on any atom is 0.417 e. The van der Waals surface area contributed by atoms with E-state index in [0.717, 1.165) is 16.4 Å². The minimum absolute atomic E-state index is 0. The molecule has 1 amide bonds. The van der Waals surface area contributed by atoms with Crippen LogP contribution in [0.3, 0.4) is 0 Å². The summed E-state index contributed by atoms with van der Waals surface area (Å²) in [6.07, 6.45) is -4.76. The van der Waals surface area contributed by atoms with Crippen molar-refractivity contribution in [2.45, 2.75) is 11.1 Å². The number of nitrogens with two attached hydrogens (primary N) is 1. The highest BCUT2D eigenvalue weighted by atomic mass is 35.5. The van der Waals surface area contributed by atoms with Crippen molar-refractivity contribution in [1.82, 2.24) is 9.21 Å². The molecule has 0 atom stereocenters. The summed E-state index contributed by atoms with van der Waals surface area (Å²) in [6, 6.07) is 2.46. The van der Waals surface area contributed by atoms with Crippen molar-refractivity contribution in [3.8, 4) is 0 Å². The number of amides is 1. The highest BCUT2D eigenvalue weighted by Crippen LogP contribution is 2.36. The SMILES string of the molecule is Cl.NCC(=O)N1CCN(S(=O)(=O)c2ccc(Cl)c(C(F)(F)F)c2)CC1. The zero-order valence-electron chi connectivity index (χ0n) is 12.8. The lowest BCUT2D eigenvalue weighted by Crippen LogP contribution is -2.51. The lowest BCUT2D eigenvalue weighted by atomic mass is 10.2. The first-order valence-corrected chi connectivity index (χ1v) is 8.74. The second kappa shape index (κ2) is 8.09. The molecular weight excluding hydrogens is 406 g/mol. The van der Waals surface area contributed by atoms with E-state index >= 15 is 0 Å².